The molecule has 0 aliphatic heterocycles. The number of fused-ring (bicyclic) bond motifs is 1. The first kappa shape index (κ1) is 9.71. The Kier molecular flexibility index (Phi) is 2.68. The van der Waals surface area contributed by atoms with E-state index in [1.165, 1.54) is 17.2 Å². The van der Waals surface area contributed by atoms with Crippen molar-refractivity contribution in [3.05, 3.63) is 53.1 Å². The first-order chi connectivity index (χ1) is 7.25. The maximum atomic E-state index is 10.4. The van der Waals surface area contributed by atoms with Gasteiger partial charge in [-0.3, -0.25) is 0 Å². The van der Waals surface area contributed by atoms with Crippen LogP contribution in [-0.4, -0.2) is 11.1 Å². The van der Waals surface area contributed by atoms with Gasteiger partial charge in [0, 0.05) is 6.08 Å². The van der Waals surface area contributed by atoms with Gasteiger partial charge < -0.3 is 5.11 Å². The van der Waals surface area contributed by atoms with E-state index in [9.17, 15) is 4.79 Å². The van der Waals surface area contributed by atoms with Crippen LogP contribution in [0.1, 0.15) is 17.5 Å². The fourth-order valence-electron chi connectivity index (χ4n) is 1.76. The summed E-state index contributed by atoms with van der Waals surface area (Å²) in [5, 5.41) is 8.53. The Morgan fingerprint density at radius 2 is 2.07 bits per heavy atom. The average molecular weight is 200 g/mol. The maximum absolute atomic E-state index is 10.4. The topological polar surface area (TPSA) is 37.3 Å². The van der Waals surface area contributed by atoms with E-state index < -0.39 is 5.97 Å². The SMILES string of the molecule is O=C(O)C=CC1=Cc2ccccc2CC1. The summed E-state index contributed by atoms with van der Waals surface area (Å²) in [5.74, 6) is -0.894. The Bertz CT molecular complexity index is 442. The number of benzene rings is 1. The first-order valence-electron chi connectivity index (χ1n) is 4.95. The maximum Gasteiger partial charge on any atom is 0.328 e. The third kappa shape index (κ3) is 2.34. The standard InChI is InChI=1S/C13H12O2/c14-13(15)8-6-10-5-7-11-3-1-2-4-12(11)9-10/h1-4,6,8-9H,5,7H2,(H,14,15). The summed E-state index contributed by atoms with van der Waals surface area (Å²) in [7, 11) is 0. The summed E-state index contributed by atoms with van der Waals surface area (Å²) in [4.78, 5) is 10.4. The van der Waals surface area contributed by atoms with Crippen LogP contribution in [0.25, 0.3) is 6.08 Å². The molecule has 2 heteroatoms. The van der Waals surface area contributed by atoms with Crippen molar-refractivity contribution in [2.45, 2.75) is 12.8 Å². The lowest BCUT2D eigenvalue weighted by molar-refractivity contribution is -0.131. The highest BCUT2D eigenvalue weighted by molar-refractivity contribution is 5.81. The van der Waals surface area contributed by atoms with E-state index in [0.29, 0.717) is 0 Å². The molecular weight excluding hydrogens is 188 g/mol. The van der Waals surface area contributed by atoms with Crippen LogP contribution in [0, 0.1) is 0 Å². The number of aliphatic carboxylic acids is 1. The molecule has 0 saturated heterocycles. The van der Waals surface area contributed by atoms with Crippen molar-refractivity contribution in [2.24, 2.45) is 0 Å². The zero-order chi connectivity index (χ0) is 10.7. The predicted octanol–water partition coefficient (Wildman–Crippen LogP) is 2.66. The molecule has 0 bridgehead atoms. The second-order valence-electron chi connectivity index (χ2n) is 3.59. The fraction of sp³-hybridized carbons (Fsp3) is 0.154. The number of carboxylic acids is 1. The summed E-state index contributed by atoms with van der Waals surface area (Å²) < 4.78 is 0. The number of aryl methyl sites for hydroxylation is 1. The molecule has 15 heavy (non-hydrogen) atoms. The normalized spacial score (nSPS) is 14.8. The Balaban J connectivity index is 2.25. The molecule has 1 aromatic rings. The molecule has 0 fully saturated rings. The lowest BCUT2D eigenvalue weighted by atomic mass is 9.92. The molecule has 0 aromatic heterocycles. The van der Waals surface area contributed by atoms with Crippen LogP contribution in [0.5, 0.6) is 0 Å². The monoisotopic (exact) mass is 200 g/mol. The fourth-order valence-corrected chi connectivity index (χ4v) is 1.76. The van der Waals surface area contributed by atoms with Gasteiger partial charge in [0.1, 0.15) is 0 Å². The first-order valence-corrected chi connectivity index (χ1v) is 4.95. The van der Waals surface area contributed by atoms with Crippen molar-refractivity contribution in [3.63, 3.8) is 0 Å². The second-order valence-corrected chi connectivity index (χ2v) is 3.59. The Morgan fingerprint density at radius 3 is 2.87 bits per heavy atom. The highest BCUT2D eigenvalue weighted by Crippen LogP contribution is 2.24. The summed E-state index contributed by atoms with van der Waals surface area (Å²) in [6, 6.07) is 8.20. The van der Waals surface area contributed by atoms with Gasteiger partial charge in [0.05, 0.1) is 0 Å². The number of carboxylic acid groups (broad SMARTS) is 1. The second kappa shape index (κ2) is 4.13. The van der Waals surface area contributed by atoms with E-state index in [0.717, 1.165) is 18.4 Å². The minimum atomic E-state index is -0.894. The third-order valence-corrected chi connectivity index (χ3v) is 2.52. The molecule has 0 saturated carbocycles. The largest absolute Gasteiger partial charge is 0.478 e. The molecule has 0 radical (unpaired) electrons. The van der Waals surface area contributed by atoms with Crippen molar-refractivity contribution in [1.82, 2.24) is 0 Å². The predicted molar refractivity (Wildman–Crippen MR) is 59.5 cm³/mol. The van der Waals surface area contributed by atoms with Crippen molar-refractivity contribution < 1.29 is 9.90 Å². The smallest absolute Gasteiger partial charge is 0.328 e. The van der Waals surface area contributed by atoms with Crippen LogP contribution in [0.2, 0.25) is 0 Å². The van der Waals surface area contributed by atoms with Crippen molar-refractivity contribution in [1.29, 1.82) is 0 Å². The Labute approximate surface area is 88.6 Å². The van der Waals surface area contributed by atoms with E-state index >= 15 is 0 Å². The quantitative estimate of drug-likeness (QED) is 0.745. The van der Waals surface area contributed by atoms with Gasteiger partial charge in [-0.25, -0.2) is 4.79 Å². The van der Waals surface area contributed by atoms with Gasteiger partial charge in [0.15, 0.2) is 0 Å². The zero-order valence-corrected chi connectivity index (χ0v) is 8.31. The lowest BCUT2D eigenvalue weighted by Crippen LogP contribution is -1.98. The van der Waals surface area contributed by atoms with Gasteiger partial charge in [0.25, 0.3) is 0 Å². The van der Waals surface area contributed by atoms with Crippen LogP contribution >= 0.6 is 0 Å². The molecule has 0 unspecified atom stereocenters. The highest BCUT2D eigenvalue weighted by atomic mass is 16.4. The highest BCUT2D eigenvalue weighted by Gasteiger charge is 2.07. The number of allylic oxidation sites excluding steroid dienone is 2. The molecule has 2 rings (SSSR count). The van der Waals surface area contributed by atoms with Crippen LogP contribution < -0.4 is 0 Å². The molecule has 1 N–H and O–H groups in total. The third-order valence-electron chi connectivity index (χ3n) is 2.52. The van der Waals surface area contributed by atoms with Crippen LogP contribution in [0.3, 0.4) is 0 Å². The summed E-state index contributed by atoms with van der Waals surface area (Å²) in [5.41, 5.74) is 3.62. The lowest BCUT2D eigenvalue weighted by Gasteiger charge is -2.13. The number of carbonyl (C=O) groups is 1. The molecular formula is C13H12O2. The van der Waals surface area contributed by atoms with Crippen LogP contribution in [0.15, 0.2) is 42.0 Å². The average Bonchev–Trinajstić information content (AvgIpc) is 2.26. The van der Waals surface area contributed by atoms with Crippen molar-refractivity contribution in [3.8, 4) is 0 Å². The number of hydrogen-bond donors (Lipinski definition) is 1. The zero-order valence-electron chi connectivity index (χ0n) is 8.31. The van der Waals surface area contributed by atoms with Crippen LogP contribution in [-0.2, 0) is 11.2 Å². The Morgan fingerprint density at radius 1 is 1.27 bits per heavy atom. The van der Waals surface area contributed by atoms with Gasteiger partial charge in [0.2, 0.25) is 0 Å². The molecule has 0 spiro atoms. The van der Waals surface area contributed by atoms with E-state index in [-0.39, 0.29) is 0 Å². The van der Waals surface area contributed by atoms with E-state index in [2.05, 4.69) is 18.2 Å². The van der Waals surface area contributed by atoms with Gasteiger partial charge in [-0.05, 0) is 29.5 Å². The van der Waals surface area contributed by atoms with Crippen molar-refractivity contribution >= 4 is 12.0 Å². The molecule has 0 heterocycles. The molecule has 1 aromatic carbocycles. The summed E-state index contributed by atoms with van der Waals surface area (Å²) in [6.07, 6.45) is 6.84. The molecule has 76 valence electrons. The molecule has 2 nitrogen and oxygen atoms in total. The van der Waals surface area contributed by atoms with Gasteiger partial charge in [-0.1, -0.05) is 36.4 Å². The van der Waals surface area contributed by atoms with Crippen LogP contribution in [0.4, 0.5) is 0 Å². The molecule has 0 amide bonds. The molecule has 1 aliphatic rings. The molecule has 1 aliphatic carbocycles. The summed E-state index contributed by atoms with van der Waals surface area (Å²) in [6.45, 7) is 0. The summed E-state index contributed by atoms with van der Waals surface area (Å²) >= 11 is 0. The number of hydrogen-bond acceptors (Lipinski definition) is 1. The van der Waals surface area contributed by atoms with E-state index in [1.807, 2.05) is 12.1 Å². The molecule has 0 atom stereocenters. The minimum Gasteiger partial charge on any atom is -0.478 e. The van der Waals surface area contributed by atoms with E-state index in [1.54, 1.807) is 6.08 Å². The van der Waals surface area contributed by atoms with Gasteiger partial charge in [-0.2, -0.15) is 0 Å². The van der Waals surface area contributed by atoms with E-state index in [4.69, 9.17) is 5.11 Å². The van der Waals surface area contributed by atoms with Gasteiger partial charge in [-0.15, -0.1) is 0 Å². The number of rotatable bonds is 2. The Hall–Kier alpha value is -1.83. The van der Waals surface area contributed by atoms with Gasteiger partial charge >= 0.3 is 5.97 Å². The minimum absolute atomic E-state index is 0.894. The van der Waals surface area contributed by atoms with Crippen molar-refractivity contribution in [2.75, 3.05) is 0 Å².